The number of hydrogen-bond acceptors (Lipinski definition) is 3. The molecule has 0 amide bonds. The number of hydrogen-bond donors (Lipinski definition) is 0. The molecule has 0 rings (SSSR count). The van der Waals surface area contributed by atoms with Gasteiger partial charge in [0.05, 0.1) is 0 Å². The molecule has 0 aromatic rings. The molecule has 0 heterocycles. The van der Waals surface area contributed by atoms with Gasteiger partial charge in [-0.1, -0.05) is 59.3 Å². The maximum absolute atomic E-state index is 9.63. The third-order valence-corrected chi connectivity index (χ3v) is 1.00. The maximum atomic E-state index is 9.63. The van der Waals surface area contributed by atoms with Crippen LogP contribution in [0.25, 0.3) is 0 Å². The van der Waals surface area contributed by atoms with Crippen molar-refractivity contribution in [3.8, 4) is 0 Å². The average molecular weight is 286 g/mol. The van der Waals surface area contributed by atoms with E-state index >= 15 is 0 Å². The largest absolute Gasteiger partial charge is 2.00 e. The van der Waals surface area contributed by atoms with Gasteiger partial charge in [0.15, 0.2) is 0 Å². The minimum atomic E-state index is 0. The van der Waals surface area contributed by atoms with Crippen LogP contribution in [-0.4, -0.2) is 19.8 Å². The first-order valence-electron chi connectivity index (χ1n) is 5.55. The molecule has 0 saturated carbocycles. The van der Waals surface area contributed by atoms with E-state index in [1.807, 2.05) is 41.5 Å². The Morgan fingerprint density at radius 2 is 0.647 bits per heavy atom. The van der Waals surface area contributed by atoms with E-state index in [2.05, 4.69) is 0 Å². The van der Waals surface area contributed by atoms with Crippen LogP contribution in [0, 0.1) is 17.8 Å². The van der Waals surface area contributed by atoms with E-state index in [9.17, 15) is 15.3 Å². The Hall–Kier alpha value is 0.424. The topological polar surface area (TPSA) is 97.7 Å². The summed E-state index contributed by atoms with van der Waals surface area (Å²) in [5.41, 5.74) is 0. The first kappa shape index (κ1) is 30.4. The van der Waals surface area contributed by atoms with Crippen LogP contribution < -0.4 is 15.3 Å². The van der Waals surface area contributed by atoms with E-state index in [4.69, 9.17) is 0 Å². The Balaban J connectivity index is -0.0000000400. The summed E-state index contributed by atoms with van der Waals surface area (Å²) in [7, 11) is 0. The molecule has 1 radical (unpaired) electrons. The fourth-order valence-corrected chi connectivity index (χ4v) is 0. The van der Waals surface area contributed by atoms with Crippen molar-refractivity contribution in [1.29, 1.82) is 0 Å². The third kappa shape index (κ3) is 82.8. The van der Waals surface area contributed by atoms with E-state index in [1.54, 1.807) is 0 Å². The first-order chi connectivity index (χ1) is 6.81. The minimum absolute atomic E-state index is 0. The SMILES string of the molecule is CC(C)C[O-].CC(C)C[O-].CC(C)C[O-].[O-2].[V]. The molecule has 17 heavy (non-hydrogen) atoms. The molecule has 0 aromatic carbocycles. The normalized spacial score (nSPS) is 8.47. The molecule has 109 valence electrons. The van der Waals surface area contributed by atoms with Crippen molar-refractivity contribution >= 4 is 0 Å². The third-order valence-electron chi connectivity index (χ3n) is 1.00. The monoisotopic (exact) mass is 286 g/mol. The molecular formula is C12H27O4V-5. The zero-order valence-electron chi connectivity index (χ0n) is 11.9. The molecule has 0 fully saturated rings. The van der Waals surface area contributed by atoms with E-state index in [1.165, 1.54) is 0 Å². The molecule has 0 saturated heterocycles. The quantitative estimate of drug-likeness (QED) is 0.723. The summed E-state index contributed by atoms with van der Waals surface area (Å²) in [6, 6.07) is 0. The summed E-state index contributed by atoms with van der Waals surface area (Å²) in [4.78, 5) is 0. The van der Waals surface area contributed by atoms with Crippen LogP contribution in [0.2, 0.25) is 0 Å². The molecule has 0 aliphatic rings. The van der Waals surface area contributed by atoms with Crippen LogP contribution >= 0.6 is 0 Å². The zero-order chi connectivity index (χ0) is 12.9. The van der Waals surface area contributed by atoms with Crippen molar-refractivity contribution < 1.29 is 39.4 Å². The molecule has 4 nitrogen and oxygen atoms in total. The smallest absolute Gasteiger partial charge is 0 e. The van der Waals surface area contributed by atoms with E-state index < -0.39 is 0 Å². The Morgan fingerprint density at radius 1 is 0.588 bits per heavy atom. The standard InChI is InChI=1S/3C4H9O.O.V/c3*1-4(2)3-5;;/h3*4H,3H2,1-2H3;;/q3*-1;-2;. The van der Waals surface area contributed by atoms with Crippen LogP contribution in [0.1, 0.15) is 41.5 Å². The second-order valence-corrected chi connectivity index (χ2v) is 4.68. The van der Waals surface area contributed by atoms with Crippen LogP contribution in [-0.2, 0) is 24.0 Å². The van der Waals surface area contributed by atoms with Gasteiger partial charge in [0.1, 0.15) is 0 Å². The Bertz CT molecular complexity index is 79.5. The van der Waals surface area contributed by atoms with Gasteiger partial charge in [-0.15, -0.1) is 19.8 Å². The molecule has 0 N–H and O–H groups in total. The summed E-state index contributed by atoms with van der Waals surface area (Å²) in [6.45, 7) is 11.6. The predicted octanol–water partition coefficient (Wildman–Crippen LogP) is -0.113. The number of rotatable bonds is 3. The summed E-state index contributed by atoms with van der Waals surface area (Å²) in [5, 5.41) is 28.9. The molecule has 5 heteroatoms. The molecule has 0 unspecified atom stereocenters. The van der Waals surface area contributed by atoms with Gasteiger partial charge in [0.2, 0.25) is 0 Å². The predicted molar refractivity (Wildman–Crippen MR) is 59.8 cm³/mol. The van der Waals surface area contributed by atoms with Gasteiger partial charge in [-0.3, -0.25) is 0 Å². The van der Waals surface area contributed by atoms with Crippen molar-refractivity contribution in [1.82, 2.24) is 0 Å². The molecule has 0 aliphatic heterocycles. The van der Waals surface area contributed by atoms with Gasteiger partial charge in [-0.25, -0.2) is 0 Å². The van der Waals surface area contributed by atoms with Crippen LogP contribution in [0.4, 0.5) is 0 Å². The maximum Gasteiger partial charge on any atom is 0 e. The van der Waals surface area contributed by atoms with Crippen molar-refractivity contribution in [2.45, 2.75) is 41.5 Å². The zero-order valence-corrected chi connectivity index (χ0v) is 13.3. The van der Waals surface area contributed by atoms with E-state index in [-0.39, 0.29) is 43.9 Å². The van der Waals surface area contributed by atoms with Crippen LogP contribution in [0.15, 0.2) is 0 Å². The summed E-state index contributed by atoms with van der Waals surface area (Å²) in [5.74, 6) is 0.986. The molecule has 0 aromatic heterocycles. The molecule has 0 atom stereocenters. The van der Waals surface area contributed by atoms with Crippen molar-refractivity contribution in [2.24, 2.45) is 17.8 Å². The molecule has 0 spiro atoms. The van der Waals surface area contributed by atoms with E-state index in [0.717, 1.165) is 0 Å². The van der Waals surface area contributed by atoms with Gasteiger partial charge in [-0.05, 0) is 0 Å². The summed E-state index contributed by atoms with van der Waals surface area (Å²) in [6.07, 6.45) is 0. The van der Waals surface area contributed by atoms with Crippen LogP contribution in [0.5, 0.6) is 0 Å². The fourth-order valence-electron chi connectivity index (χ4n) is 0. The molecule has 0 aliphatic carbocycles. The van der Waals surface area contributed by atoms with Crippen LogP contribution in [0.3, 0.4) is 0 Å². The van der Waals surface area contributed by atoms with Crippen molar-refractivity contribution in [2.75, 3.05) is 19.8 Å². The molecule has 0 bridgehead atoms. The van der Waals surface area contributed by atoms with Gasteiger partial charge >= 0.3 is 0 Å². The first-order valence-corrected chi connectivity index (χ1v) is 5.55. The van der Waals surface area contributed by atoms with Gasteiger partial charge < -0.3 is 20.8 Å². The Kier molecular flexibility index (Phi) is 45.3. The van der Waals surface area contributed by atoms with E-state index in [0.29, 0.717) is 17.8 Å². The van der Waals surface area contributed by atoms with Crippen molar-refractivity contribution in [3.63, 3.8) is 0 Å². The van der Waals surface area contributed by atoms with Gasteiger partial charge in [0, 0.05) is 18.6 Å². The summed E-state index contributed by atoms with van der Waals surface area (Å²) >= 11 is 0. The Morgan fingerprint density at radius 3 is 0.647 bits per heavy atom. The second kappa shape index (κ2) is 25.3. The Labute approximate surface area is 119 Å². The summed E-state index contributed by atoms with van der Waals surface area (Å²) < 4.78 is 0. The fraction of sp³-hybridized carbons (Fsp3) is 1.00. The second-order valence-electron chi connectivity index (χ2n) is 4.68. The molecular weight excluding hydrogens is 259 g/mol. The van der Waals surface area contributed by atoms with Crippen molar-refractivity contribution in [3.05, 3.63) is 0 Å². The average Bonchev–Trinajstić information content (AvgIpc) is 2.19. The minimum Gasteiger partial charge on any atom is -2.00 e. The van der Waals surface area contributed by atoms with Gasteiger partial charge in [0.25, 0.3) is 0 Å². The van der Waals surface area contributed by atoms with Gasteiger partial charge in [-0.2, -0.15) is 0 Å².